The third-order valence-corrected chi connectivity index (χ3v) is 6.05. The topological polar surface area (TPSA) is 61.3 Å². The van der Waals surface area contributed by atoms with Crippen LogP contribution in [0.5, 0.6) is 5.75 Å². The highest BCUT2D eigenvalue weighted by Gasteiger charge is 2.27. The average molecular weight is 461 g/mol. The van der Waals surface area contributed by atoms with E-state index in [2.05, 4.69) is 16.9 Å². The third kappa shape index (κ3) is 7.47. The number of carbonyl (C=O) groups excluding carboxylic acids is 1. The fourth-order valence-electron chi connectivity index (χ4n) is 4.04. The monoisotopic (exact) mass is 460 g/mol. The van der Waals surface area contributed by atoms with Crippen LogP contribution in [0.2, 0.25) is 0 Å². The molecular weight excluding hydrogens is 426 g/mol. The summed E-state index contributed by atoms with van der Waals surface area (Å²) in [5.41, 5.74) is 1.67. The molecule has 0 radical (unpaired) electrons. The molecular formula is C26H34F2N2O3. The number of carbonyl (C=O) groups is 1. The van der Waals surface area contributed by atoms with Crippen molar-refractivity contribution in [3.8, 4) is 17.1 Å². The van der Waals surface area contributed by atoms with Gasteiger partial charge in [-0.3, -0.25) is 0 Å². The van der Waals surface area contributed by atoms with Gasteiger partial charge in [-0.05, 0) is 68.2 Å². The number of benzene rings is 1. The van der Waals surface area contributed by atoms with Gasteiger partial charge < -0.3 is 9.47 Å². The van der Waals surface area contributed by atoms with Gasteiger partial charge >= 0.3 is 5.97 Å². The molecule has 1 aromatic carbocycles. The van der Waals surface area contributed by atoms with E-state index >= 15 is 0 Å². The Bertz CT molecular complexity index is 884. The van der Waals surface area contributed by atoms with Crippen molar-refractivity contribution in [2.75, 3.05) is 6.61 Å². The maximum absolute atomic E-state index is 14.6. The molecule has 0 bridgehead atoms. The Hall–Kier alpha value is -2.57. The summed E-state index contributed by atoms with van der Waals surface area (Å²) in [6.45, 7) is 4.45. The van der Waals surface area contributed by atoms with E-state index in [1.54, 1.807) is 24.5 Å². The zero-order valence-electron chi connectivity index (χ0n) is 19.6. The molecule has 0 amide bonds. The van der Waals surface area contributed by atoms with E-state index in [4.69, 9.17) is 9.47 Å². The number of aryl methyl sites for hydroxylation is 1. The summed E-state index contributed by atoms with van der Waals surface area (Å²) in [5, 5.41) is 0. The van der Waals surface area contributed by atoms with E-state index in [9.17, 15) is 13.6 Å². The summed E-state index contributed by atoms with van der Waals surface area (Å²) in [4.78, 5) is 20.5. The number of hydrogen-bond acceptors (Lipinski definition) is 5. The standard InChI is InChI=1S/C26H34F2N2O3/c1-3-5-7-22(27)26(31)33-21-11-8-18(9-12-21)17-32-24-13-10-20(14-23(24)28)25-29-15-19(6-4-2)16-30-25/h10,13-16,18,21-22H,3-9,11-12,17H2,1-2H3/t18-,21-,22-/m0/s1. The summed E-state index contributed by atoms with van der Waals surface area (Å²) in [6, 6.07) is 4.76. The molecule has 1 heterocycles. The van der Waals surface area contributed by atoms with Crippen LogP contribution in [0.4, 0.5) is 8.78 Å². The molecule has 1 aliphatic rings. The van der Waals surface area contributed by atoms with Crippen molar-refractivity contribution >= 4 is 5.97 Å². The fourth-order valence-corrected chi connectivity index (χ4v) is 4.04. The van der Waals surface area contributed by atoms with E-state index in [1.807, 2.05) is 6.92 Å². The summed E-state index contributed by atoms with van der Waals surface area (Å²) in [7, 11) is 0. The van der Waals surface area contributed by atoms with Gasteiger partial charge in [-0.1, -0.05) is 33.1 Å². The van der Waals surface area contributed by atoms with Crippen LogP contribution in [0.15, 0.2) is 30.6 Å². The van der Waals surface area contributed by atoms with Crippen LogP contribution in [0.1, 0.15) is 70.8 Å². The average Bonchev–Trinajstić information content (AvgIpc) is 2.83. The van der Waals surface area contributed by atoms with Crippen LogP contribution in [0.3, 0.4) is 0 Å². The molecule has 180 valence electrons. The number of halogens is 2. The summed E-state index contributed by atoms with van der Waals surface area (Å²) in [6.07, 6.45) is 8.40. The van der Waals surface area contributed by atoms with Gasteiger partial charge in [0.1, 0.15) is 6.10 Å². The molecule has 2 aromatic rings. The first-order valence-electron chi connectivity index (χ1n) is 12.1. The van der Waals surface area contributed by atoms with Crippen LogP contribution in [0, 0.1) is 11.7 Å². The molecule has 1 aromatic heterocycles. The molecule has 3 rings (SSSR count). The minimum atomic E-state index is -1.53. The van der Waals surface area contributed by atoms with Crippen molar-refractivity contribution in [2.45, 2.75) is 83.9 Å². The Morgan fingerprint density at radius 3 is 2.48 bits per heavy atom. The van der Waals surface area contributed by atoms with E-state index in [0.717, 1.165) is 37.7 Å². The molecule has 0 spiro atoms. The van der Waals surface area contributed by atoms with Crippen LogP contribution in [-0.4, -0.2) is 34.8 Å². The Morgan fingerprint density at radius 2 is 1.85 bits per heavy atom. The smallest absolute Gasteiger partial charge is 0.340 e. The van der Waals surface area contributed by atoms with Gasteiger partial charge in [-0.15, -0.1) is 0 Å². The Kier molecular flexibility index (Phi) is 9.58. The van der Waals surface area contributed by atoms with Gasteiger partial charge in [-0.25, -0.2) is 23.5 Å². The molecule has 0 unspecified atom stereocenters. The van der Waals surface area contributed by atoms with Crippen molar-refractivity contribution < 1.29 is 23.0 Å². The molecule has 1 aliphatic carbocycles. The SMILES string of the molecule is CCCC[C@H](F)C(=O)O[C@H]1CC[C@H](COc2ccc(-c3ncc(CCC)cn3)cc2F)CC1. The second-order valence-corrected chi connectivity index (χ2v) is 8.81. The number of hydrogen-bond donors (Lipinski definition) is 0. The number of aromatic nitrogens is 2. The quantitative estimate of drug-likeness (QED) is 0.371. The predicted octanol–water partition coefficient (Wildman–Crippen LogP) is 6.24. The zero-order valence-corrected chi connectivity index (χ0v) is 19.6. The number of nitrogens with zero attached hydrogens (tertiary/aromatic N) is 2. The molecule has 0 aliphatic heterocycles. The molecule has 1 saturated carbocycles. The maximum Gasteiger partial charge on any atom is 0.340 e. The first-order chi connectivity index (χ1) is 16.0. The molecule has 0 saturated heterocycles. The van der Waals surface area contributed by atoms with E-state index in [-0.39, 0.29) is 24.2 Å². The lowest BCUT2D eigenvalue weighted by atomic mass is 9.88. The first kappa shape index (κ1) is 25.1. The predicted molar refractivity (Wildman–Crippen MR) is 123 cm³/mol. The minimum absolute atomic E-state index is 0.200. The van der Waals surface area contributed by atoms with Gasteiger partial charge in [0.25, 0.3) is 0 Å². The lowest BCUT2D eigenvalue weighted by molar-refractivity contribution is -0.157. The lowest BCUT2D eigenvalue weighted by Crippen LogP contribution is -2.30. The highest BCUT2D eigenvalue weighted by atomic mass is 19.1. The summed E-state index contributed by atoms with van der Waals surface area (Å²) < 4.78 is 39.5. The number of ether oxygens (including phenoxy) is 2. The second kappa shape index (κ2) is 12.6. The van der Waals surface area contributed by atoms with Gasteiger partial charge in [-0.2, -0.15) is 0 Å². The van der Waals surface area contributed by atoms with E-state index in [1.165, 1.54) is 6.07 Å². The lowest BCUT2D eigenvalue weighted by Gasteiger charge is -2.28. The second-order valence-electron chi connectivity index (χ2n) is 8.81. The fraction of sp³-hybridized carbons (Fsp3) is 0.577. The summed E-state index contributed by atoms with van der Waals surface area (Å²) in [5.74, 6) is -0.258. The molecule has 1 atom stereocenters. The maximum atomic E-state index is 14.6. The molecule has 33 heavy (non-hydrogen) atoms. The Morgan fingerprint density at radius 1 is 1.12 bits per heavy atom. The highest BCUT2D eigenvalue weighted by molar-refractivity contribution is 5.74. The third-order valence-electron chi connectivity index (χ3n) is 6.05. The molecule has 0 N–H and O–H groups in total. The van der Waals surface area contributed by atoms with Crippen molar-refractivity contribution in [3.63, 3.8) is 0 Å². The van der Waals surface area contributed by atoms with Crippen LogP contribution < -0.4 is 4.74 Å². The Balaban J connectivity index is 1.45. The largest absolute Gasteiger partial charge is 0.490 e. The van der Waals surface area contributed by atoms with Crippen molar-refractivity contribution in [2.24, 2.45) is 5.92 Å². The van der Waals surface area contributed by atoms with Crippen molar-refractivity contribution in [1.29, 1.82) is 0 Å². The van der Waals surface area contributed by atoms with Gasteiger partial charge in [0.15, 0.2) is 23.6 Å². The number of esters is 1. The van der Waals surface area contributed by atoms with Gasteiger partial charge in [0.05, 0.1) is 6.61 Å². The number of unbranched alkanes of at least 4 members (excludes halogenated alkanes) is 1. The van der Waals surface area contributed by atoms with Crippen LogP contribution in [0.25, 0.3) is 11.4 Å². The minimum Gasteiger partial charge on any atom is -0.490 e. The van der Waals surface area contributed by atoms with E-state index < -0.39 is 18.0 Å². The Labute approximate surface area is 194 Å². The summed E-state index contributed by atoms with van der Waals surface area (Å²) >= 11 is 0. The van der Waals surface area contributed by atoms with Gasteiger partial charge in [0, 0.05) is 18.0 Å². The normalized spacial score (nSPS) is 19.2. The highest BCUT2D eigenvalue weighted by Crippen LogP contribution is 2.29. The van der Waals surface area contributed by atoms with E-state index in [0.29, 0.717) is 37.3 Å². The zero-order chi connectivity index (χ0) is 23.6. The molecule has 1 fully saturated rings. The van der Waals surface area contributed by atoms with Crippen LogP contribution >= 0.6 is 0 Å². The molecule has 7 heteroatoms. The first-order valence-corrected chi connectivity index (χ1v) is 12.1. The number of alkyl halides is 1. The number of rotatable bonds is 11. The van der Waals surface area contributed by atoms with Gasteiger partial charge in [0.2, 0.25) is 0 Å². The molecule has 5 nitrogen and oxygen atoms in total. The van der Waals surface area contributed by atoms with Crippen LogP contribution in [-0.2, 0) is 16.0 Å². The van der Waals surface area contributed by atoms with Crippen molar-refractivity contribution in [3.05, 3.63) is 42.0 Å². The van der Waals surface area contributed by atoms with Crippen molar-refractivity contribution in [1.82, 2.24) is 9.97 Å².